The molecule has 12 nitrogen and oxygen atoms in total. The van der Waals surface area contributed by atoms with Crippen LogP contribution in [0.25, 0.3) is 27.8 Å². The van der Waals surface area contributed by atoms with Crippen LogP contribution in [0, 0.1) is 5.82 Å². The first-order chi connectivity index (χ1) is 21.1. The number of H-pyrrole nitrogens is 1. The molecule has 3 N–H and O–H groups in total. The number of halogens is 1. The Morgan fingerprint density at radius 1 is 1.09 bits per heavy atom. The third-order valence-electron chi connectivity index (χ3n) is 7.45. The Hall–Kier alpha value is -5.20. The summed E-state index contributed by atoms with van der Waals surface area (Å²) in [6, 6.07) is 9.32. The average molecular weight is 601 g/mol. The molecular formula is C31H33FN8O4. The minimum absolute atomic E-state index is 0.0575. The number of benzene rings is 1. The normalized spacial score (nSPS) is 13.9. The zero-order valence-electron chi connectivity index (χ0n) is 24.7. The fraction of sp³-hybridized carbons (Fsp3) is 0.323. The Morgan fingerprint density at radius 2 is 1.89 bits per heavy atom. The van der Waals surface area contributed by atoms with E-state index in [-0.39, 0.29) is 17.3 Å². The summed E-state index contributed by atoms with van der Waals surface area (Å²) in [5, 5.41) is 18.3. The van der Waals surface area contributed by atoms with Gasteiger partial charge in [-0.2, -0.15) is 9.61 Å². The van der Waals surface area contributed by atoms with Crippen LogP contribution in [0.5, 0.6) is 0 Å². The number of aromatic carboxylic acids is 1. The van der Waals surface area contributed by atoms with Gasteiger partial charge in [-0.1, -0.05) is 6.07 Å². The number of hydrogen-bond acceptors (Lipinski definition) is 8. The summed E-state index contributed by atoms with van der Waals surface area (Å²) >= 11 is 0. The lowest BCUT2D eigenvalue weighted by Crippen LogP contribution is -2.50. The van der Waals surface area contributed by atoms with Crippen LogP contribution in [0.15, 0.2) is 55.1 Å². The summed E-state index contributed by atoms with van der Waals surface area (Å²) in [5.74, 6) is -1.15. The molecule has 1 aromatic carbocycles. The molecule has 0 atom stereocenters. The maximum Gasteiger partial charge on any atom is 0.410 e. The number of ether oxygens (including phenoxy) is 1. The van der Waals surface area contributed by atoms with Crippen LogP contribution < -0.4 is 10.2 Å². The van der Waals surface area contributed by atoms with Crippen LogP contribution in [-0.4, -0.2) is 85.0 Å². The number of hydrogen-bond donors (Lipinski definition) is 3. The van der Waals surface area contributed by atoms with E-state index in [1.54, 1.807) is 11.0 Å². The van der Waals surface area contributed by atoms with Crippen molar-refractivity contribution in [3.63, 3.8) is 0 Å². The molecule has 5 aromatic rings. The molecule has 0 unspecified atom stereocenters. The van der Waals surface area contributed by atoms with Crippen LogP contribution in [-0.2, 0) is 11.2 Å². The number of carbonyl (C=O) groups is 2. The fourth-order valence-electron chi connectivity index (χ4n) is 5.32. The van der Waals surface area contributed by atoms with Crippen molar-refractivity contribution in [2.75, 3.05) is 42.9 Å². The van der Waals surface area contributed by atoms with Gasteiger partial charge in [-0.3, -0.25) is 4.98 Å². The molecule has 228 valence electrons. The van der Waals surface area contributed by atoms with E-state index in [0.29, 0.717) is 56.2 Å². The zero-order valence-corrected chi connectivity index (χ0v) is 24.7. The number of aromatic amines is 1. The molecule has 1 saturated heterocycles. The van der Waals surface area contributed by atoms with E-state index >= 15 is 0 Å². The molecule has 1 fully saturated rings. The summed E-state index contributed by atoms with van der Waals surface area (Å²) in [6.45, 7) is 8.75. The lowest BCUT2D eigenvalue weighted by atomic mass is 10.1. The number of piperazine rings is 1. The fourth-order valence-corrected chi connectivity index (χ4v) is 5.32. The van der Waals surface area contributed by atoms with Crippen molar-refractivity contribution in [2.24, 2.45) is 0 Å². The number of rotatable bonds is 7. The third kappa shape index (κ3) is 5.98. The van der Waals surface area contributed by atoms with E-state index in [0.717, 1.165) is 28.4 Å². The number of carboxylic acid groups (broad SMARTS) is 1. The molecular weight excluding hydrogens is 567 g/mol. The Morgan fingerprint density at radius 3 is 2.61 bits per heavy atom. The lowest BCUT2D eigenvalue weighted by Gasteiger charge is -2.36. The number of fused-ring (bicyclic) bond motifs is 2. The first-order valence-corrected chi connectivity index (χ1v) is 14.4. The van der Waals surface area contributed by atoms with Crippen LogP contribution in [0.1, 0.15) is 36.7 Å². The van der Waals surface area contributed by atoms with Gasteiger partial charge >= 0.3 is 12.1 Å². The summed E-state index contributed by atoms with van der Waals surface area (Å²) < 4.78 is 20.8. The van der Waals surface area contributed by atoms with Gasteiger partial charge in [0.05, 0.1) is 18.1 Å². The van der Waals surface area contributed by atoms with Gasteiger partial charge in [0, 0.05) is 73.3 Å². The van der Waals surface area contributed by atoms with Crippen molar-refractivity contribution in [1.29, 1.82) is 0 Å². The van der Waals surface area contributed by atoms with E-state index < -0.39 is 17.4 Å². The first kappa shape index (κ1) is 28.9. The predicted molar refractivity (Wildman–Crippen MR) is 164 cm³/mol. The molecule has 13 heteroatoms. The third-order valence-corrected chi connectivity index (χ3v) is 7.45. The van der Waals surface area contributed by atoms with Crippen LogP contribution in [0.3, 0.4) is 0 Å². The molecule has 0 aliphatic carbocycles. The van der Waals surface area contributed by atoms with E-state index in [2.05, 4.69) is 48.5 Å². The molecule has 0 radical (unpaired) electrons. The van der Waals surface area contributed by atoms with Gasteiger partial charge in [0.15, 0.2) is 5.65 Å². The minimum atomic E-state index is -1.16. The predicted octanol–water partition coefficient (Wildman–Crippen LogP) is 4.82. The van der Waals surface area contributed by atoms with E-state index in [1.165, 1.54) is 23.0 Å². The van der Waals surface area contributed by atoms with Crippen molar-refractivity contribution in [1.82, 2.24) is 29.5 Å². The van der Waals surface area contributed by atoms with Crippen LogP contribution in [0.4, 0.5) is 20.7 Å². The second-order valence-electron chi connectivity index (χ2n) is 11.7. The molecule has 5 heterocycles. The molecule has 0 saturated carbocycles. The van der Waals surface area contributed by atoms with Crippen molar-refractivity contribution in [2.45, 2.75) is 32.8 Å². The molecule has 0 spiro atoms. The number of anilines is 2. The van der Waals surface area contributed by atoms with Gasteiger partial charge in [-0.05, 0) is 51.0 Å². The lowest BCUT2D eigenvalue weighted by molar-refractivity contribution is 0.0240. The summed E-state index contributed by atoms with van der Waals surface area (Å²) in [5.41, 5.74) is 3.58. The molecule has 44 heavy (non-hydrogen) atoms. The van der Waals surface area contributed by atoms with Gasteiger partial charge in [-0.15, -0.1) is 0 Å². The van der Waals surface area contributed by atoms with E-state index in [1.807, 2.05) is 27.0 Å². The number of nitrogens with one attached hydrogen (secondary N) is 2. The minimum Gasteiger partial charge on any atom is -0.477 e. The largest absolute Gasteiger partial charge is 0.477 e. The van der Waals surface area contributed by atoms with Crippen molar-refractivity contribution in [3.05, 3.63) is 72.1 Å². The van der Waals surface area contributed by atoms with Gasteiger partial charge < -0.3 is 29.9 Å². The molecule has 0 bridgehead atoms. The molecule has 1 aliphatic rings. The Kier molecular flexibility index (Phi) is 7.53. The van der Waals surface area contributed by atoms with Gasteiger partial charge in [0.1, 0.15) is 22.8 Å². The Labute approximate surface area is 252 Å². The Balaban J connectivity index is 1.15. The second kappa shape index (κ2) is 11.5. The highest BCUT2D eigenvalue weighted by Gasteiger charge is 2.26. The van der Waals surface area contributed by atoms with Gasteiger partial charge in [-0.25, -0.2) is 19.0 Å². The molecule has 1 aliphatic heterocycles. The monoisotopic (exact) mass is 600 g/mol. The molecule has 6 rings (SSSR count). The number of amides is 1. The van der Waals surface area contributed by atoms with Crippen molar-refractivity contribution in [3.8, 4) is 11.3 Å². The van der Waals surface area contributed by atoms with Gasteiger partial charge in [0.25, 0.3) is 0 Å². The number of aromatic nitrogens is 5. The summed E-state index contributed by atoms with van der Waals surface area (Å²) in [7, 11) is 0. The number of carbonyl (C=O) groups excluding carboxylic acids is 1. The maximum atomic E-state index is 13.9. The Bertz CT molecular complexity index is 1850. The van der Waals surface area contributed by atoms with Crippen LogP contribution in [0.2, 0.25) is 0 Å². The highest BCUT2D eigenvalue weighted by atomic mass is 19.1. The summed E-state index contributed by atoms with van der Waals surface area (Å²) in [6.07, 6.45) is 6.20. The van der Waals surface area contributed by atoms with Crippen molar-refractivity contribution >= 4 is 40.1 Å². The van der Waals surface area contributed by atoms with E-state index in [4.69, 9.17) is 4.74 Å². The second-order valence-corrected chi connectivity index (χ2v) is 11.7. The average Bonchev–Trinajstić information content (AvgIpc) is 3.60. The number of carboxylic acids is 1. The zero-order chi connectivity index (χ0) is 31.0. The highest BCUT2D eigenvalue weighted by Crippen LogP contribution is 2.27. The highest BCUT2D eigenvalue weighted by molar-refractivity contribution is 5.95. The first-order valence-electron chi connectivity index (χ1n) is 14.4. The standard InChI is InChI=1S/C31H33FN8O4/c1-31(2,3)44-30(43)39-10-8-38(9-11-39)22-4-5-23-19(16-35-26(23)13-22)6-7-34-27-14-25(20-12-21(32)17-33-15-20)37-28-24(29(41)42)18-36-40(27)28/h4-5,12-18,34-35H,6-11H2,1-3H3,(H,41,42). The number of nitrogens with zero attached hydrogens (tertiary/aromatic N) is 6. The molecule has 1 amide bonds. The topological polar surface area (TPSA) is 141 Å². The van der Waals surface area contributed by atoms with Crippen LogP contribution >= 0.6 is 0 Å². The smallest absolute Gasteiger partial charge is 0.410 e. The molecule has 4 aromatic heterocycles. The quantitative estimate of drug-likeness (QED) is 0.240. The van der Waals surface area contributed by atoms with Gasteiger partial charge in [0.2, 0.25) is 0 Å². The van der Waals surface area contributed by atoms with E-state index in [9.17, 15) is 19.1 Å². The summed E-state index contributed by atoms with van der Waals surface area (Å²) in [4.78, 5) is 39.9. The SMILES string of the molecule is CC(C)(C)OC(=O)N1CCN(c2ccc3c(CCNc4cc(-c5cncc(F)c5)nc5c(C(=O)O)cnn45)c[nH]c3c2)CC1. The number of pyridine rings is 1. The maximum absolute atomic E-state index is 13.9. The van der Waals surface area contributed by atoms with Crippen molar-refractivity contribution < 1.29 is 23.8 Å².